The first kappa shape index (κ1) is 21.4. The molecule has 0 saturated heterocycles. The van der Waals surface area contributed by atoms with E-state index in [4.69, 9.17) is 5.11 Å². The average molecular weight is 411 g/mol. The van der Waals surface area contributed by atoms with E-state index in [0.29, 0.717) is 34.1 Å². The van der Waals surface area contributed by atoms with Crippen molar-refractivity contribution in [3.8, 4) is 0 Å². The summed E-state index contributed by atoms with van der Waals surface area (Å²) in [5.41, 5.74) is 1.28. The van der Waals surface area contributed by atoms with Crippen molar-refractivity contribution < 1.29 is 24.3 Å². The molecule has 0 aliphatic carbocycles. The van der Waals surface area contributed by atoms with Gasteiger partial charge in [0, 0.05) is 36.1 Å². The standard InChI is InChI=1S/C22H25N3O5/c1-13(22(29)30)7-8-18(26)23-15-11-14-5-4-6-16-19(14)17(12-15)21(28)25(20(16)27)10-9-24(2)3/h4-6,11-13H,7-10H2,1-3H3,(H,23,26)(H,29,30). The van der Waals surface area contributed by atoms with Gasteiger partial charge in [0.1, 0.15) is 0 Å². The summed E-state index contributed by atoms with van der Waals surface area (Å²) in [6.07, 6.45) is 0.278. The van der Waals surface area contributed by atoms with Crippen molar-refractivity contribution in [1.29, 1.82) is 0 Å². The molecule has 30 heavy (non-hydrogen) atoms. The van der Waals surface area contributed by atoms with E-state index < -0.39 is 11.9 Å². The summed E-state index contributed by atoms with van der Waals surface area (Å²) in [5, 5.41) is 13.0. The molecule has 2 aromatic carbocycles. The Balaban J connectivity index is 1.90. The third-order valence-corrected chi connectivity index (χ3v) is 5.21. The van der Waals surface area contributed by atoms with Crippen LogP contribution in [0.4, 0.5) is 5.69 Å². The number of aliphatic carboxylic acids is 1. The molecular weight excluding hydrogens is 386 g/mol. The van der Waals surface area contributed by atoms with Crippen molar-refractivity contribution in [1.82, 2.24) is 9.80 Å². The molecular formula is C22H25N3O5. The Hall–Kier alpha value is -3.26. The summed E-state index contributed by atoms with van der Waals surface area (Å²) < 4.78 is 0. The zero-order chi connectivity index (χ0) is 22.0. The zero-order valence-electron chi connectivity index (χ0n) is 17.3. The summed E-state index contributed by atoms with van der Waals surface area (Å²) in [7, 11) is 3.73. The second-order valence-corrected chi connectivity index (χ2v) is 7.82. The van der Waals surface area contributed by atoms with E-state index in [1.165, 1.54) is 4.90 Å². The Kier molecular flexibility index (Phi) is 6.17. The highest BCUT2D eigenvalue weighted by Crippen LogP contribution is 2.32. The smallest absolute Gasteiger partial charge is 0.306 e. The number of carboxylic acid groups (broad SMARTS) is 1. The van der Waals surface area contributed by atoms with Crippen LogP contribution >= 0.6 is 0 Å². The SMILES string of the molecule is CC(CCC(=O)Nc1cc2c3c(cccc3c1)C(=O)N(CCN(C)C)C2=O)C(=O)O. The number of imide groups is 1. The van der Waals surface area contributed by atoms with Crippen molar-refractivity contribution in [3.05, 3.63) is 41.5 Å². The van der Waals surface area contributed by atoms with Crippen LogP contribution in [-0.4, -0.2) is 65.8 Å². The number of likely N-dealkylation sites (N-methyl/N-ethyl adjacent to an activating group) is 1. The fourth-order valence-corrected chi connectivity index (χ4v) is 3.43. The first-order valence-corrected chi connectivity index (χ1v) is 9.79. The maximum atomic E-state index is 13.1. The van der Waals surface area contributed by atoms with Gasteiger partial charge in [-0.3, -0.25) is 24.1 Å². The van der Waals surface area contributed by atoms with E-state index in [2.05, 4.69) is 5.32 Å². The van der Waals surface area contributed by atoms with Crippen molar-refractivity contribution in [2.24, 2.45) is 5.92 Å². The molecule has 1 aliphatic rings. The first-order valence-electron chi connectivity index (χ1n) is 9.79. The lowest BCUT2D eigenvalue weighted by atomic mass is 9.93. The summed E-state index contributed by atoms with van der Waals surface area (Å²) in [5.74, 6) is -2.59. The molecule has 0 saturated carbocycles. The number of anilines is 1. The largest absolute Gasteiger partial charge is 0.481 e. The minimum absolute atomic E-state index is 0.0578. The number of nitrogens with one attached hydrogen (secondary N) is 1. The van der Waals surface area contributed by atoms with E-state index in [1.54, 1.807) is 37.3 Å². The van der Waals surface area contributed by atoms with Gasteiger partial charge in [0.25, 0.3) is 11.8 Å². The van der Waals surface area contributed by atoms with Gasteiger partial charge < -0.3 is 15.3 Å². The Morgan fingerprint density at radius 3 is 2.50 bits per heavy atom. The highest BCUT2D eigenvalue weighted by molar-refractivity contribution is 6.26. The number of carboxylic acids is 1. The van der Waals surface area contributed by atoms with Gasteiger partial charge in [0.2, 0.25) is 5.91 Å². The van der Waals surface area contributed by atoms with Crippen molar-refractivity contribution in [3.63, 3.8) is 0 Å². The maximum absolute atomic E-state index is 13.1. The van der Waals surface area contributed by atoms with Crippen LogP contribution in [0.2, 0.25) is 0 Å². The summed E-state index contributed by atoms with van der Waals surface area (Å²) >= 11 is 0. The van der Waals surface area contributed by atoms with Gasteiger partial charge in [-0.2, -0.15) is 0 Å². The minimum Gasteiger partial charge on any atom is -0.481 e. The normalized spacial score (nSPS) is 14.3. The van der Waals surface area contributed by atoms with Crippen molar-refractivity contribution in [2.75, 3.05) is 32.5 Å². The molecule has 0 bridgehead atoms. The fraction of sp³-hybridized carbons (Fsp3) is 0.364. The topological polar surface area (TPSA) is 107 Å². The van der Waals surface area contributed by atoms with Crippen LogP contribution in [0.3, 0.4) is 0 Å². The van der Waals surface area contributed by atoms with Gasteiger partial charge in [-0.15, -0.1) is 0 Å². The Labute approximate surface area is 174 Å². The number of amides is 3. The van der Waals surface area contributed by atoms with Crippen LogP contribution < -0.4 is 5.32 Å². The van der Waals surface area contributed by atoms with E-state index in [-0.39, 0.29) is 37.1 Å². The van der Waals surface area contributed by atoms with Crippen molar-refractivity contribution in [2.45, 2.75) is 19.8 Å². The van der Waals surface area contributed by atoms with E-state index in [1.807, 2.05) is 19.0 Å². The molecule has 1 unspecified atom stereocenters. The number of benzene rings is 2. The Morgan fingerprint density at radius 2 is 1.83 bits per heavy atom. The molecule has 1 aliphatic heterocycles. The molecule has 0 radical (unpaired) electrons. The molecule has 158 valence electrons. The third kappa shape index (κ3) is 4.33. The molecule has 8 nitrogen and oxygen atoms in total. The van der Waals surface area contributed by atoms with E-state index in [0.717, 1.165) is 0 Å². The Bertz CT molecular complexity index is 1030. The minimum atomic E-state index is -0.946. The number of nitrogens with zero attached hydrogens (tertiary/aromatic N) is 2. The average Bonchev–Trinajstić information content (AvgIpc) is 2.69. The van der Waals surface area contributed by atoms with Crippen LogP contribution in [0.15, 0.2) is 30.3 Å². The number of hydrogen-bond donors (Lipinski definition) is 2. The molecule has 3 rings (SSSR count). The van der Waals surface area contributed by atoms with Crippen LogP contribution in [0.25, 0.3) is 10.8 Å². The second-order valence-electron chi connectivity index (χ2n) is 7.82. The number of hydrogen-bond acceptors (Lipinski definition) is 5. The van der Waals surface area contributed by atoms with Gasteiger partial charge in [0.05, 0.1) is 11.5 Å². The highest BCUT2D eigenvalue weighted by Gasteiger charge is 2.33. The molecule has 1 heterocycles. The van der Waals surface area contributed by atoms with Gasteiger partial charge in [-0.1, -0.05) is 19.1 Å². The second kappa shape index (κ2) is 8.62. The molecule has 0 fully saturated rings. The lowest BCUT2D eigenvalue weighted by Crippen LogP contribution is -2.43. The monoisotopic (exact) mass is 411 g/mol. The predicted octanol–water partition coefficient (Wildman–Crippen LogP) is 2.44. The van der Waals surface area contributed by atoms with Gasteiger partial charge in [-0.25, -0.2) is 0 Å². The summed E-state index contributed by atoms with van der Waals surface area (Å²) in [4.78, 5) is 52.2. The van der Waals surface area contributed by atoms with Crippen molar-refractivity contribution >= 4 is 40.2 Å². The molecule has 3 amide bonds. The van der Waals surface area contributed by atoms with Gasteiger partial charge >= 0.3 is 5.97 Å². The predicted molar refractivity (Wildman–Crippen MR) is 113 cm³/mol. The lowest BCUT2D eigenvalue weighted by Gasteiger charge is -2.28. The molecule has 0 aromatic heterocycles. The van der Waals surface area contributed by atoms with Crippen LogP contribution in [0, 0.1) is 5.92 Å². The molecule has 2 N–H and O–H groups in total. The molecule has 2 aromatic rings. The number of carbonyl (C=O) groups is 4. The third-order valence-electron chi connectivity index (χ3n) is 5.21. The van der Waals surface area contributed by atoms with E-state index >= 15 is 0 Å². The number of rotatable bonds is 8. The summed E-state index contributed by atoms with van der Waals surface area (Å²) in [6.45, 7) is 2.36. The quantitative estimate of drug-likeness (QED) is 0.646. The zero-order valence-corrected chi connectivity index (χ0v) is 17.3. The molecule has 8 heteroatoms. The number of carbonyl (C=O) groups excluding carboxylic acids is 3. The van der Waals surface area contributed by atoms with Gasteiger partial charge in [-0.05, 0) is 44.1 Å². The summed E-state index contributed by atoms with van der Waals surface area (Å²) in [6, 6.07) is 8.55. The lowest BCUT2D eigenvalue weighted by molar-refractivity contribution is -0.141. The molecule has 1 atom stereocenters. The Morgan fingerprint density at radius 1 is 1.13 bits per heavy atom. The van der Waals surface area contributed by atoms with Crippen LogP contribution in [0.5, 0.6) is 0 Å². The van der Waals surface area contributed by atoms with Crippen LogP contribution in [-0.2, 0) is 9.59 Å². The van der Waals surface area contributed by atoms with E-state index in [9.17, 15) is 19.2 Å². The van der Waals surface area contributed by atoms with Gasteiger partial charge in [0.15, 0.2) is 0 Å². The van der Waals surface area contributed by atoms with Crippen LogP contribution in [0.1, 0.15) is 40.5 Å². The first-order chi connectivity index (χ1) is 14.2. The highest BCUT2D eigenvalue weighted by atomic mass is 16.4. The molecule has 0 spiro atoms. The fourth-order valence-electron chi connectivity index (χ4n) is 3.43. The maximum Gasteiger partial charge on any atom is 0.306 e.